The highest BCUT2D eigenvalue weighted by molar-refractivity contribution is 7.10. The van der Waals surface area contributed by atoms with E-state index in [2.05, 4.69) is 15.5 Å². The van der Waals surface area contributed by atoms with Crippen LogP contribution >= 0.6 is 11.3 Å². The minimum absolute atomic E-state index is 0.0402. The number of aromatic nitrogens is 2. The van der Waals surface area contributed by atoms with Crippen LogP contribution < -0.4 is 5.32 Å². The Morgan fingerprint density at radius 1 is 1.46 bits per heavy atom. The van der Waals surface area contributed by atoms with Crippen LogP contribution in [0.5, 0.6) is 0 Å². The standard InChI is InChI=1S/C20H26N4O3S/c1-12(2)18(26)24-10-14-7-15(22-17(25)8-16-5-4-6-28-16)9-20(14,11-24)19-21-13(3)23-27-19/h4-6,12,14-15H,7-11H2,1-3H3,(H,22,25)/t14-,15+,20-/m0/s1. The second-order valence-corrected chi connectivity index (χ2v) is 9.37. The average Bonchev–Trinajstić information content (AvgIpc) is 3.38. The Labute approximate surface area is 168 Å². The summed E-state index contributed by atoms with van der Waals surface area (Å²) >= 11 is 1.59. The molecule has 7 nitrogen and oxygen atoms in total. The number of nitrogens with zero attached hydrogens (tertiary/aromatic N) is 3. The van der Waals surface area contributed by atoms with E-state index in [-0.39, 0.29) is 35.1 Å². The second-order valence-electron chi connectivity index (χ2n) is 8.33. The maximum absolute atomic E-state index is 12.6. The first kappa shape index (κ1) is 19.1. The number of hydrogen-bond acceptors (Lipinski definition) is 6. The van der Waals surface area contributed by atoms with Crippen LogP contribution in [-0.4, -0.2) is 46.0 Å². The summed E-state index contributed by atoms with van der Waals surface area (Å²) in [5.74, 6) is 1.57. The van der Waals surface area contributed by atoms with Gasteiger partial charge in [0, 0.05) is 29.9 Å². The van der Waals surface area contributed by atoms with E-state index in [0.29, 0.717) is 31.2 Å². The van der Waals surface area contributed by atoms with Gasteiger partial charge in [0.25, 0.3) is 0 Å². The van der Waals surface area contributed by atoms with Crippen LogP contribution in [0, 0.1) is 18.8 Å². The van der Waals surface area contributed by atoms with Gasteiger partial charge in [0.2, 0.25) is 17.7 Å². The molecule has 3 atom stereocenters. The number of fused-ring (bicyclic) bond motifs is 1. The van der Waals surface area contributed by atoms with Gasteiger partial charge in [-0.15, -0.1) is 11.3 Å². The summed E-state index contributed by atoms with van der Waals surface area (Å²) in [6.45, 7) is 6.91. The lowest BCUT2D eigenvalue weighted by molar-refractivity contribution is -0.134. The average molecular weight is 403 g/mol. The van der Waals surface area contributed by atoms with Crippen molar-refractivity contribution in [1.29, 1.82) is 0 Å². The summed E-state index contributed by atoms with van der Waals surface area (Å²) in [6, 6.07) is 3.99. The van der Waals surface area contributed by atoms with Crippen LogP contribution in [0.25, 0.3) is 0 Å². The normalized spacial score (nSPS) is 26.6. The lowest BCUT2D eigenvalue weighted by atomic mass is 9.80. The van der Waals surface area contributed by atoms with Gasteiger partial charge in [0.1, 0.15) is 0 Å². The number of amides is 2. The molecule has 0 aromatic carbocycles. The molecule has 3 heterocycles. The minimum atomic E-state index is -0.368. The Hall–Kier alpha value is -2.22. The SMILES string of the molecule is Cc1noc([C@]23C[C@H](NC(=O)Cc4cccs4)C[C@H]2CN(C(=O)C(C)C)C3)n1. The summed E-state index contributed by atoms with van der Waals surface area (Å²) in [7, 11) is 0. The maximum Gasteiger partial charge on any atom is 0.235 e. The van der Waals surface area contributed by atoms with Crippen LogP contribution in [0.2, 0.25) is 0 Å². The number of carbonyl (C=O) groups is 2. The molecule has 2 aliphatic rings. The third-order valence-electron chi connectivity index (χ3n) is 5.91. The summed E-state index contributed by atoms with van der Waals surface area (Å²) in [4.78, 5) is 32.6. The molecule has 2 aromatic rings. The molecule has 4 rings (SSSR count). The number of rotatable bonds is 5. The largest absolute Gasteiger partial charge is 0.353 e. The van der Waals surface area contributed by atoms with E-state index >= 15 is 0 Å². The topological polar surface area (TPSA) is 88.3 Å². The van der Waals surface area contributed by atoms with Crippen molar-refractivity contribution in [2.24, 2.45) is 11.8 Å². The Bertz CT molecular complexity index is 863. The van der Waals surface area contributed by atoms with Crippen LogP contribution in [0.3, 0.4) is 0 Å². The fourth-order valence-corrected chi connectivity index (χ4v) is 5.40. The van der Waals surface area contributed by atoms with Gasteiger partial charge in [-0.1, -0.05) is 25.1 Å². The lowest BCUT2D eigenvalue weighted by Gasteiger charge is -2.26. The fourth-order valence-electron chi connectivity index (χ4n) is 4.69. The number of likely N-dealkylation sites (tertiary alicyclic amines) is 1. The van der Waals surface area contributed by atoms with E-state index in [0.717, 1.165) is 17.7 Å². The molecule has 2 aromatic heterocycles. The van der Waals surface area contributed by atoms with Crippen LogP contribution in [0.4, 0.5) is 0 Å². The van der Waals surface area contributed by atoms with Gasteiger partial charge in [0.15, 0.2) is 5.82 Å². The molecule has 8 heteroatoms. The van der Waals surface area contributed by atoms with Gasteiger partial charge in [0.05, 0.1) is 11.8 Å². The van der Waals surface area contributed by atoms with Gasteiger partial charge < -0.3 is 14.7 Å². The first-order chi connectivity index (χ1) is 13.4. The van der Waals surface area contributed by atoms with Crippen molar-refractivity contribution in [1.82, 2.24) is 20.4 Å². The molecule has 1 aliphatic heterocycles. The molecule has 2 fully saturated rings. The molecule has 1 N–H and O–H groups in total. The van der Waals surface area contributed by atoms with Crippen molar-refractivity contribution >= 4 is 23.2 Å². The third-order valence-corrected chi connectivity index (χ3v) is 6.79. The molecule has 150 valence electrons. The Morgan fingerprint density at radius 2 is 2.29 bits per heavy atom. The molecule has 0 unspecified atom stereocenters. The zero-order chi connectivity index (χ0) is 19.9. The van der Waals surface area contributed by atoms with Crippen molar-refractivity contribution in [3.8, 4) is 0 Å². The minimum Gasteiger partial charge on any atom is -0.353 e. The quantitative estimate of drug-likeness (QED) is 0.829. The highest BCUT2D eigenvalue weighted by Crippen LogP contribution is 2.50. The lowest BCUT2D eigenvalue weighted by Crippen LogP contribution is -2.40. The highest BCUT2D eigenvalue weighted by atomic mass is 32.1. The van der Waals surface area contributed by atoms with Gasteiger partial charge >= 0.3 is 0 Å². The summed E-state index contributed by atoms with van der Waals surface area (Å²) in [5, 5.41) is 9.15. The number of carbonyl (C=O) groups excluding carboxylic acids is 2. The number of thiophene rings is 1. The molecule has 1 aliphatic carbocycles. The van der Waals surface area contributed by atoms with Crippen molar-refractivity contribution in [2.45, 2.75) is 51.5 Å². The van der Waals surface area contributed by atoms with Crippen molar-refractivity contribution in [2.75, 3.05) is 13.1 Å². The van der Waals surface area contributed by atoms with E-state index in [1.807, 2.05) is 36.3 Å². The monoisotopic (exact) mass is 402 g/mol. The zero-order valence-electron chi connectivity index (χ0n) is 16.5. The van der Waals surface area contributed by atoms with E-state index in [1.165, 1.54) is 0 Å². The molecule has 0 bridgehead atoms. The molecular weight excluding hydrogens is 376 g/mol. The van der Waals surface area contributed by atoms with E-state index in [4.69, 9.17) is 4.52 Å². The summed E-state index contributed by atoms with van der Waals surface area (Å²) < 4.78 is 5.57. The smallest absolute Gasteiger partial charge is 0.235 e. The second kappa shape index (κ2) is 7.31. The predicted molar refractivity (Wildman–Crippen MR) is 105 cm³/mol. The van der Waals surface area contributed by atoms with Gasteiger partial charge in [-0.05, 0) is 37.1 Å². The molecule has 0 spiro atoms. The molecule has 0 radical (unpaired) electrons. The maximum atomic E-state index is 12.6. The van der Waals surface area contributed by atoms with Crippen molar-refractivity contribution < 1.29 is 14.1 Å². The summed E-state index contributed by atoms with van der Waals surface area (Å²) in [6.07, 6.45) is 1.94. The Morgan fingerprint density at radius 3 is 2.93 bits per heavy atom. The molecule has 1 saturated carbocycles. The number of aryl methyl sites for hydroxylation is 1. The first-order valence-corrected chi connectivity index (χ1v) is 10.7. The number of hydrogen-bond donors (Lipinski definition) is 1. The van der Waals surface area contributed by atoms with E-state index in [9.17, 15) is 9.59 Å². The zero-order valence-corrected chi connectivity index (χ0v) is 17.3. The third kappa shape index (κ3) is 3.45. The van der Waals surface area contributed by atoms with Crippen molar-refractivity contribution in [3.05, 3.63) is 34.1 Å². The van der Waals surface area contributed by atoms with Gasteiger partial charge in [-0.25, -0.2) is 0 Å². The van der Waals surface area contributed by atoms with Gasteiger partial charge in [-0.2, -0.15) is 4.98 Å². The fraction of sp³-hybridized carbons (Fsp3) is 0.600. The van der Waals surface area contributed by atoms with Crippen LogP contribution in [0.15, 0.2) is 22.0 Å². The number of nitrogens with one attached hydrogen (secondary N) is 1. The van der Waals surface area contributed by atoms with Crippen LogP contribution in [-0.2, 0) is 21.4 Å². The molecule has 1 saturated heterocycles. The van der Waals surface area contributed by atoms with E-state index < -0.39 is 0 Å². The Kier molecular flexibility index (Phi) is 4.99. The predicted octanol–water partition coefficient (Wildman–Crippen LogP) is 2.31. The van der Waals surface area contributed by atoms with Crippen molar-refractivity contribution in [3.63, 3.8) is 0 Å². The van der Waals surface area contributed by atoms with Gasteiger partial charge in [-0.3, -0.25) is 9.59 Å². The van der Waals surface area contributed by atoms with E-state index in [1.54, 1.807) is 18.3 Å². The highest BCUT2D eigenvalue weighted by Gasteiger charge is 2.58. The first-order valence-electron chi connectivity index (χ1n) is 9.78. The van der Waals surface area contributed by atoms with Crippen LogP contribution in [0.1, 0.15) is 43.3 Å². The molecule has 2 amide bonds. The molecule has 28 heavy (non-hydrogen) atoms. The summed E-state index contributed by atoms with van der Waals surface area (Å²) in [5.41, 5.74) is -0.368. The molecular formula is C20H26N4O3S. The Balaban J connectivity index is 1.51.